The Morgan fingerprint density at radius 2 is 1.56 bits per heavy atom. The number of H-pyrrole nitrogens is 2. The van der Waals surface area contributed by atoms with Crippen molar-refractivity contribution in [3.8, 4) is 33.6 Å². The summed E-state index contributed by atoms with van der Waals surface area (Å²) in [4.78, 5) is 8.39. The Labute approximate surface area is 188 Å². The molecule has 0 radical (unpaired) electrons. The molecule has 32 heavy (non-hydrogen) atoms. The zero-order valence-electron chi connectivity index (χ0n) is 16.9. The molecule has 3 aromatic heterocycles. The number of hydrogen-bond acceptors (Lipinski definition) is 3. The number of rotatable bonds is 3. The molecule has 0 atom stereocenters. The Balaban J connectivity index is 1.72. The molecule has 0 fully saturated rings. The van der Waals surface area contributed by atoms with Crippen LogP contribution in [0.25, 0.3) is 55.6 Å². The fraction of sp³-hybridized carbons (Fsp3) is 0. The molecular formula is C26H18ClN5. The topological polar surface area (TPSA) is 83.4 Å². The number of anilines is 1. The van der Waals surface area contributed by atoms with Gasteiger partial charge in [0.15, 0.2) is 5.65 Å². The van der Waals surface area contributed by atoms with Gasteiger partial charge in [-0.2, -0.15) is 5.10 Å². The monoisotopic (exact) mass is 435 g/mol. The van der Waals surface area contributed by atoms with Gasteiger partial charge in [0.2, 0.25) is 0 Å². The van der Waals surface area contributed by atoms with Crippen LogP contribution in [-0.2, 0) is 0 Å². The number of nitrogen functional groups attached to an aromatic ring is 1. The summed E-state index contributed by atoms with van der Waals surface area (Å²) in [7, 11) is 0. The molecule has 0 aliphatic rings. The molecule has 6 heteroatoms. The molecule has 0 aliphatic carbocycles. The minimum absolute atomic E-state index is 0.495. The van der Waals surface area contributed by atoms with Crippen molar-refractivity contribution in [2.75, 3.05) is 5.73 Å². The summed E-state index contributed by atoms with van der Waals surface area (Å²) in [6.07, 6.45) is 0. The molecule has 0 amide bonds. The summed E-state index contributed by atoms with van der Waals surface area (Å²) in [5.41, 5.74) is 13.9. The fourth-order valence-electron chi connectivity index (χ4n) is 4.26. The summed E-state index contributed by atoms with van der Waals surface area (Å²) >= 11 is 6.11. The smallest absolute Gasteiger partial charge is 0.184 e. The Kier molecular flexibility index (Phi) is 4.23. The lowest BCUT2D eigenvalue weighted by Crippen LogP contribution is -1.92. The number of halogens is 1. The molecule has 0 bridgehead atoms. The average molecular weight is 436 g/mol. The predicted octanol–water partition coefficient (Wildman–Crippen LogP) is 6.68. The Bertz CT molecular complexity index is 1580. The highest BCUT2D eigenvalue weighted by Gasteiger charge is 2.21. The Hall–Kier alpha value is -4.09. The van der Waals surface area contributed by atoms with Crippen LogP contribution in [0.15, 0.2) is 84.9 Å². The van der Waals surface area contributed by atoms with Gasteiger partial charge in [-0.15, -0.1) is 0 Å². The van der Waals surface area contributed by atoms with E-state index in [9.17, 15) is 0 Å². The number of aromatic nitrogens is 4. The maximum absolute atomic E-state index is 6.34. The van der Waals surface area contributed by atoms with Crippen molar-refractivity contribution in [2.24, 2.45) is 0 Å². The van der Waals surface area contributed by atoms with Crippen LogP contribution in [0.3, 0.4) is 0 Å². The third-order valence-corrected chi connectivity index (χ3v) is 5.98. The minimum Gasteiger partial charge on any atom is -0.383 e. The molecular weight excluding hydrogens is 418 g/mol. The lowest BCUT2D eigenvalue weighted by molar-refractivity contribution is 1.11. The molecule has 0 spiro atoms. The lowest BCUT2D eigenvalue weighted by atomic mass is 9.95. The number of para-hydroxylation sites is 1. The average Bonchev–Trinajstić information content (AvgIpc) is 3.40. The van der Waals surface area contributed by atoms with E-state index in [-0.39, 0.29) is 0 Å². The number of nitrogens with zero attached hydrogens (tertiary/aromatic N) is 2. The summed E-state index contributed by atoms with van der Waals surface area (Å²) < 4.78 is 0. The van der Waals surface area contributed by atoms with E-state index in [1.807, 2.05) is 54.6 Å². The van der Waals surface area contributed by atoms with E-state index in [0.29, 0.717) is 16.5 Å². The van der Waals surface area contributed by atoms with E-state index >= 15 is 0 Å². The van der Waals surface area contributed by atoms with Crippen molar-refractivity contribution < 1.29 is 0 Å². The van der Waals surface area contributed by atoms with Crippen molar-refractivity contribution >= 4 is 39.4 Å². The predicted molar refractivity (Wildman–Crippen MR) is 131 cm³/mol. The highest BCUT2D eigenvalue weighted by atomic mass is 35.5. The van der Waals surface area contributed by atoms with Gasteiger partial charge in [-0.3, -0.25) is 5.10 Å². The lowest BCUT2D eigenvalue weighted by Gasteiger charge is -2.10. The molecule has 0 aliphatic heterocycles. The molecule has 5 nitrogen and oxygen atoms in total. The van der Waals surface area contributed by atoms with Crippen LogP contribution in [0.4, 0.5) is 5.82 Å². The quantitative estimate of drug-likeness (QED) is 0.290. The van der Waals surface area contributed by atoms with Gasteiger partial charge in [0.05, 0.1) is 16.8 Å². The molecule has 0 saturated carbocycles. The summed E-state index contributed by atoms with van der Waals surface area (Å²) in [5.74, 6) is 0.495. The standard InChI is InChI=1S/C26H18ClN5/c27-17-12-10-15(11-13-17)21-14-19(23-25(28)31-32-26(23)30-21)22-18-8-4-5-9-20(18)29-24(22)16-6-2-1-3-7-16/h1-14,29H,(H3,28,30,31,32). The first kappa shape index (κ1) is 18.7. The van der Waals surface area contributed by atoms with Crippen LogP contribution in [0.2, 0.25) is 5.02 Å². The first-order valence-corrected chi connectivity index (χ1v) is 10.6. The summed E-state index contributed by atoms with van der Waals surface area (Å²) in [5, 5.41) is 9.89. The second kappa shape index (κ2) is 7.25. The van der Waals surface area contributed by atoms with Gasteiger partial charge in [-0.05, 0) is 29.8 Å². The number of benzene rings is 3. The van der Waals surface area contributed by atoms with Gasteiger partial charge < -0.3 is 10.7 Å². The maximum Gasteiger partial charge on any atom is 0.184 e. The number of fused-ring (bicyclic) bond motifs is 2. The van der Waals surface area contributed by atoms with E-state index < -0.39 is 0 Å². The Morgan fingerprint density at radius 3 is 2.38 bits per heavy atom. The third-order valence-electron chi connectivity index (χ3n) is 5.73. The van der Waals surface area contributed by atoms with Crippen molar-refractivity contribution in [1.82, 2.24) is 20.2 Å². The SMILES string of the molecule is Nc1[nH]nc2nc(-c3ccc(Cl)cc3)cc(-c3c(-c4ccccc4)[nH]c4ccccc34)c12. The van der Waals surface area contributed by atoms with Gasteiger partial charge in [0.25, 0.3) is 0 Å². The van der Waals surface area contributed by atoms with E-state index in [1.54, 1.807) is 0 Å². The molecule has 4 N–H and O–H groups in total. The molecule has 6 rings (SSSR count). The summed E-state index contributed by atoms with van der Waals surface area (Å²) in [6, 6.07) is 28.3. The van der Waals surface area contributed by atoms with Gasteiger partial charge in [-0.25, -0.2) is 4.98 Å². The molecule has 3 heterocycles. The number of nitrogens with one attached hydrogen (secondary N) is 2. The third kappa shape index (κ3) is 2.94. The number of pyridine rings is 1. The number of hydrogen-bond donors (Lipinski definition) is 3. The molecule has 154 valence electrons. The number of nitrogens with two attached hydrogens (primary N) is 1. The second-order valence-electron chi connectivity index (χ2n) is 7.68. The van der Waals surface area contributed by atoms with Gasteiger partial charge >= 0.3 is 0 Å². The number of aromatic amines is 2. The van der Waals surface area contributed by atoms with E-state index in [0.717, 1.165) is 49.9 Å². The normalized spacial score (nSPS) is 11.4. The van der Waals surface area contributed by atoms with Crippen molar-refractivity contribution in [3.63, 3.8) is 0 Å². The van der Waals surface area contributed by atoms with Crippen LogP contribution in [-0.4, -0.2) is 20.2 Å². The molecule has 3 aromatic carbocycles. The van der Waals surface area contributed by atoms with E-state index in [2.05, 4.69) is 45.5 Å². The zero-order valence-corrected chi connectivity index (χ0v) is 17.7. The largest absolute Gasteiger partial charge is 0.383 e. The van der Waals surface area contributed by atoms with Crippen molar-refractivity contribution in [3.05, 3.63) is 90.0 Å². The van der Waals surface area contributed by atoms with Gasteiger partial charge in [-0.1, -0.05) is 72.3 Å². The van der Waals surface area contributed by atoms with Crippen molar-refractivity contribution in [1.29, 1.82) is 0 Å². The highest BCUT2D eigenvalue weighted by molar-refractivity contribution is 6.30. The molecule has 0 unspecified atom stereocenters. The van der Waals surface area contributed by atoms with E-state index in [4.69, 9.17) is 22.3 Å². The Morgan fingerprint density at radius 1 is 0.812 bits per heavy atom. The van der Waals surface area contributed by atoms with Gasteiger partial charge in [0.1, 0.15) is 5.82 Å². The zero-order chi connectivity index (χ0) is 21.7. The van der Waals surface area contributed by atoms with E-state index in [1.165, 1.54) is 0 Å². The van der Waals surface area contributed by atoms with Crippen LogP contribution >= 0.6 is 11.6 Å². The van der Waals surface area contributed by atoms with Crippen LogP contribution in [0.5, 0.6) is 0 Å². The van der Waals surface area contributed by atoms with Crippen LogP contribution in [0.1, 0.15) is 0 Å². The minimum atomic E-state index is 0.495. The highest BCUT2D eigenvalue weighted by Crippen LogP contribution is 2.43. The maximum atomic E-state index is 6.34. The van der Waals surface area contributed by atoms with Gasteiger partial charge in [0, 0.05) is 32.6 Å². The van der Waals surface area contributed by atoms with Crippen LogP contribution in [0, 0.1) is 0 Å². The summed E-state index contributed by atoms with van der Waals surface area (Å²) in [6.45, 7) is 0. The molecule has 0 saturated heterocycles. The van der Waals surface area contributed by atoms with Crippen LogP contribution < -0.4 is 5.73 Å². The molecule has 6 aromatic rings. The van der Waals surface area contributed by atoms with Crippen molar-refractivity contribution in [2.45, 2.75) is 0 Å². The second-order valence-corrected chi connectivity index (χ2v) is 8.12. The fourth-order valence-corrected chi connectivity index (χ4v) is 4.38. The first-order valence-electron chi connectivity index (χ1n) is 10.3. The first-order chi connectivity index (χ1) is 15.7.